The number of ether oxygens (including phenoxy) is 1. The van der Waals surface area contributed by atoms with Crippen LogP contribution < -0.4 is 5.32 Å². The second-order valence-corrected chi connectivity index (χ2v) is 5.57. The van der Waals surface area contributed by atoms with E-state index in [0.717, 1.165) is 32.4 Å². The minimum atomic E-state index is 0.262. The van der Waals surface area contributed by atoms with Gasteiger partial charge in [-0.1, -0.05) is 44.0 Å². The maximum absolute atomic E-state index is 6.02. The molecule has 114 valence electrons. The lowest BCUT2D eigenvalue weighted by molar-refractivity contribution is 0.0274. The van der Waals surface area contributed by atoms with E-state index < -0.39 is 0 Å². The first-order valence-electron chi connectivity index (χ1n) is 8.06. The van der Waals surface area contributed by atoms with E-state index in [1.165, 1.54) is 16.7 Å². The predicted molar refractivity (Wildman–Crippen MR) is 87.3 cm³/mol. The molecule has 2 atom stereocenters. The Hall–Kier alpha value is -0.860. The summed E-state index contributed by atoms with van der Waals surface area (Å²) in [6.07, 6.45) is 3.66. The topological polar surface area (TPSA) is 21.3 Å². The first kappa shape index (κ1) is 17.2. The summed E-state index contributed by atoms with van der Waals surface area (Å²) in [7, 11) is 0. The lowest BCUT2D eigenvalue weighted by Crippen LogP contribution is -2.35. The molecule has 0 heterocycles. The van der Waals surface area contributed by atoms with Crippen LogP contribution in [-0.2, 0) is 4.74 Å². The van der Waals surface area contributed by atoms with E-state index in [1.807, 2.05) is 0 Å². The van der Waals surface area contributed by atoms with Crippen LogP contribution in [0.1, 0.15) is 62.8 Å². The Morgan fingerprint density at radius 3 is 2.40 bits per heavy atom. The highest BCUT2D eigenvalue weighted by molar-refractivity contribution is 5.33. The number of nitrogens with one attached hydrogen (secondary N) is 1. The Labute approximate surface area is 124 Å². The summed E-state index contributed by atoms with van der Waals surface area (Å²) >= 11 is 0. The van der Waals surface area contributed by atoms with Gasteiger partial charge in [0.2, 0.25) is 0 Å². The smallest absolute Gasteiger partial charge is 0.0769 e. The fourth-order valence-electron chi connectivity index (χ4n) is 2.76. The molecule has 0 aliphatic carbocycles. The quantitative estimate of drug-likeness (QED) is 0.715. The molecule has 0 fully saturated rings. The molecule has 0 aliphatic rings. The molecular weight excluding hydrogens is 246 g/mol. The van der Waals surface area contributed by atoms with Gasteiger partial charge in [0.1, 0.15) is 0 Å². The standard InChI is InChI=1S/C18H31NO/c1-6-9-17(20-8-3)18(19-12-7-2)16-11-10-14(4)13-15(16)5/h10-11,13,17-19H,6-9,12H2,1-5H3. The van der Waals surface area contributed by atoms with Crippen LogP contribution in [0.4, 0.5) is 0 Å². The molecule has 0 radical (unpaired) electrons. The molecule has 0 saturated carbocycles. The maximum Gasteiger partial charge on any atom is 0.0769 e. The lowest BCUT2D eigenvalue weighted by atomic mass is 9.93. The largest absolute Gasteiger partial charge is 0.377 e. The Balaban J connectivity index is 3.01. The molecule has 0 bridgehead atoms. The Kier molecular flexibility index (Phi) is 7.86. The SMILES string of the molecule is CCCNC(c1ccc(C)cc1C)C(CCC)OCC. The molecule has 0 saturated heterocycles. The van der Waals surface area contributed by atoms with Crippen molar-refractivity contribution < 1.29 is 4.74 Å². The predicted octanol–water partition coefficient (Wildman–Crippen LogP) is 4.55. The van der Waals surface area contributed by atoms with Crippen LogP contribution in [0, 0.1) is 13.8 Å². The van der Waals surface area contributed by atoms with Crippen molar-refractivity contribution in [3.8, 4) is 0 Å². The molecule has 0 aliphatic heterocycles. The van der Waals surface area contributed by atoms with Gasteiger partial charge in [-0.05, 0) is 51.3 Å². The molecule has 2 nitrogen and oxygen atoms in total. The van der Waals surface area contributed by atoms with Crippen molar-refractivity contribution in [1.29, 1.82) is 0 Å². The summed E-state index contributed by atoms with van der Waals surface area (Å²) in [6, 6.07) is 7.04. The Morgan fingerprint density at radius 1 is 1.10 bits per heavy atom. The van der Waals surface area contributed by atoms with E-state index in [2.05, 4.69) is 58.1 Å². The van der Waals surface area contributed by atoms with Gasteiger partial charge < -0.3 is 10.1 Å². The van der Waals surface area contributed by atoms with Gasteiger partial charge in [-0.3, -0.25) is 0 Å². The number of aryl methyl sites for hydroxylation is 2. The van der Waals surface area contributed by atoms with E-state index in [0.29, 0.717) is 6.04 Å². The van der Waals surface area contributed by atoms with Gasteiger partial charge in [0, 0.05) is 6.61 Å². The van der Waals surface area contributed by atoms with Crippen molar-refractivity contribution in [3.05, 3.63) is 34.9 Å². The third-order valence-corrected chi connectivity index (χ3v) is 3.70. The average Bonchev–Trinajstić information content (AvgIpc) is 2.41. The first-order chi connectivity index (χ1) is 9.63. The van der Waals surface area contributed by atoms with Gasteiger partial charge in [0.25, 0.3) is 0 Å². The highest BCUT2D eigenvalue weighted by Crippen LogP contribution is 2.26. The molecule has 1 aromatic rings. The minimum absolute atomic E-state index is 0.262. The van der Waals surface area contributed by atoms with Crippen LogP contribution in [0.15, 0.2) is 18.2 Å². The van der Waals surface area contributed by atoms with Gasteiger partial charge in [-0.2, -0.15) is 0 Å². The Morgan fingerprint density at radius 2 is 1.85 bits per heavy atom. The zero-order valence-electron chi connectivity index (χ0n) is 13.8. The van der Waals surface area contributed by atoms with Gasteiger partial charge in [-0.15, -0.1) is 0 Å². The summed E-state index contributed by atoms with van der Waals surface area (Å²) in [6.45, 7) is 12.7. The summed E-state index contributed by atoms with van der Waals surface area (Å²) in [5, 5.41) is 3.69. The van der Waals surface area contributed by atoms with Crippen LogP contribution in [0.5, 0.6) is 0 Å². The zero-order valence-corrected chi connectivity index (χ0v) is 13.8. The van der Waals surface area contributed by atoms with E-state index in [-0.39, 0.29) is 6.10 Å². The van der Waals surface area contributed by atoms with E-state index in [9.17, 15) is 0 Å². The molecule has 1 rings (SSSR count). The van der Waals surface area contributed by atoms with Gasteiger partial charge in [-0.25, -0.2) is 0 Å². The van der Waals surface area contributed by atoms with Crippen molar-refractivity contribution in [2.24, 2.45) is 0 Å². The molecule has 0 amide bonds. The number of rotatable bonds is 9. The van der Waals surface area contributed by atoms with Crippen molar-refractivity contribution >= 4 is 0 Å². The fraction of sp³-hybridized carbons (Fsp3) is 0.667. The number of benzene rings is 1. The summed E-state index contributed by atoms with van der Waals surface area (Å²) in [5.74, 6) is 0. The lowest BCUT2D eigenvalue weighted by Gasteiger charge is -2.29. The van der Waals surface area contributed by atoms with Gasteiger partial charge >= 0.3 is 0 Å². The van der Waals surface area contributed by atoms with Crippen molar-refractivity contribution in [2.75, 3.05) is 13.2 Å². The third-order valence-electron chi connectivity index (χ3n) is 3.70. The maximum atomic E-state index is 6.02. The molecule has 2 unspecified atom stereocenters. The first-order valence-corrected chi connectivity index (χ1v) is 8.06. The second kappa shape index (κ2) is 9.15. The number of hydrogen-bond acceptors (Lipinski definition) is 2. The molecule has 1 N–H and O–H groups in total. The monoisotopic (exact) mass is 277 g/mol. The molecular formula is C18H31NO. The number of hydrogen-bond donors (Lipinski definition) is 1. The molecule has 0 spiro atoms. The second-order valence-electron chi connectivity index (χ2n) is 5.57. The van der Waals surface area contributed by atoms with Gasteiger partial charge in [0.05, 0.1) is 12.1 Å². The summed E-state index contributed by atoms with van der Waals surface area (Å²) in [5.41, 5.74) is 4.07. The van der Waals surface area contributed by atoms with Gasteiger partial charge in [0.15, 0.2) is 0 Å². The van der Waals surface area contributed by atoms with Crippen LogP contribution >= 0.6 is 0 Å². The van der Waals surface area contributed by atoms with Crippen LogP contribution in [-0.4, -0.2) is 19.3 Å². The summed E-state index contributed by atoms with van der Waals surface area (Å²) < 4.78 is 6.02. The van der Waals surface area contributed by atoms with E-state index in [1.54, 1.807) is 0 Å². The fourth-order valence-corrected chi connectivity index (χ4v) is 2.76. The molecule has 0 aromatic heterocycles. The normalized spacial score (nSPS) is 14.2. The molecule has 1 aromatic carbocycles. The molecule has 2 heteroatoms. The minimum Gasteiger partial charge on any atom is -0.377 e. The highest BCUT2D eigenvalue weighted by Gasteiger charge is 2.23. The van der Waals surface area contributed by atoms with E-state index >= 15 is 0 Å². The Bertz CT molecular complexity index is 383. The van der Waals surface area contributed by atoms with Crippen LogP contribution in [0.2, 0.25) is 0 Å². The zero-order chi connectivity index (χ0) is 15.0. The molecule has 20 heavy (non-hydrogen) atoms. The summed E-state index contributed by atoms with van der Waals surface area (Å²) in [4.78, 5) is 0. The van der Waals surface area contributed by atoms with Crippen molar-refractivity contribution in [3.63, 3.8) is 0 Å². The van der Waals surface area contributed by atoms with Crippen LogP contribution in [0.25, 0.3) is 0 Å². The van der Waals surface area contributed by atoms with Crippen molar-refractivity contribution in [1.82, 2.24) is 5.32 Å². The van der Waals surface area contributed by atoms with Crippen molar-refractivity contribution in [2.45, 2.75) is 66.0 Å². The highest BCUT2D eigenvalue weighted by atomic mass is 16.5. The van der Waals surface area contributed by atoms with E-state index in [4.69, 9.17) is 4.74 Å². The third kappa shape index (κ3) is 4.92. The van der Waals surface area contributed by atoms with Crippen LogP contribution in [0.3, 0.4) is 0 Å². The average molecular weight is 277 g/mol.